The van der Waals surface area contributed by atoms with Gasteiger partial charge in [-0.15, -0.1) is 11.8 Å². The first-order valence-electron chi connectivity index (χ1n) is 6.23. The molecule has 0 aliphatic carbocycles. The van der Waals surface area contributed by atoms with Crippen molar-refractivity contribution in [1.29, 1.82) is 0 Å². The lowest BCUT2D eigenvalue weighted by atomic mass is 9.98. The molecule has 0 heterocycles. The molecule has 0 aliphatic rings. The average molecular weight is 255 g/mol. The normalized spacial score (nSPS) is 14.6. The Bertz CT molecular complexity index is 330. The topological polar surface area (TPSA) is 12.0 Å². The van der Waals surface area contributed by atoms with Crippen molar-refractivity contribution in [2.75, 3.05) is 12.8 Å². The third-order valence-corrected chi connectivity index (χ3v) is 4.22. The Balaban J connectivity index is 2.50. The van der Waals surface area contributed by atoms with Crippen molar-refractivity contribution in [1.82, 2.24) is 5.32 Å². The number of hydrogen-bond acceptors (Lipinski definition) is 2. The molecule has 0 radical (unpaired) electrons. The zero-order valence-electron chi connectivity index (χ0n) is 10.9. The fourth-order valence-electron chi connectivity index (χ4n) is 1.93. The molecule has 1 aromatic rings. The van der Waals surface area contributed by atoms with Crippen LogP contribution in [0.3, 0.4) is 0 Å². The standard InChI is InChI=1S/C14H22FNS/c1-4-7-11(2)13(16-3)10-17-14-9-6-5-8-12(14)15/h5-6,8-9,11,13,16H,4,7,10H2,1-3H3. The van der Waals surface area contributed by atoms with Crippen molar-refractivity contribution in [2.24, 2.45) is 5.92 Å². The molecule has 2 unspecified atom stereocenters. The van der Waals surface area contributed by atoms with Gasteiger partial charge in [0.15, 0.2) is 0 Å². The molecule has 0 bridgehead atoms. The minimum absolute atomic E-state index is 0.115. The van der Waals surface area contributed by atoms with E-state index in [4.69, 9.17) is 0 Å². The number of halogens is 1. The Morgan fingerprint density at radius 3 is 2.65 bits per heavy atom. The molecule has 1 N–H and O–H groups in total. The van der Waals surface area contributed by atoms with Crippen LogP contribution in [-0.2, 0) is 0 Å². The summed E-state index contributed by atoms with van der Waals surface area (Å²) in [5.41, 5.74) is 0. The highest BCUT2D eigenvalue weighted by Crippen LogP contribution is 2.24. The van der Waals surface area contributed by atoms with Crippen LogP contribution in [0.4, 0.5) is 4.39 Å². The van der Waals surface area contributed by atoms with E-state index >= 15 is 0 Å². The van der Waals surface area contributed by atoms with Crippen molar-refractivity contribution >= 4 is 11.8 Å². The van der Waals surface area contributed by atoms with Crippen LogP contribution in [0.1, 0.15) is 26.7 Å². The van der Waals surface area contributed by atoms with Gasteiger partial charge < -0.3 is 5.32 Å². The summed E-state index contributed by atoms with van der Waals surface area (Å²) in [6.45, 7) is 4.46. The summed E-state index contributed by atoms with van der Waals surface area (Å²) < 4.78 is 13.5. The number of benzene rings is 1. The molecule has 1 rings (SSSR count). The predicted molar refractivity (Wildman–Crippen MR) is 74.0 cm³/mol. The molecule has 3 heteroatoms. The van der Waals surface area contributed by atoms with Gasteiger partial charge in [0.2, 0.25) is 0 Å². The lowest BCUT2D eigenvalue weighted by Gasteiger charge is -2.22. The van der Waals surface area contributed by atoms with Crippen LogP contribution in [0.25, 0.3) is 0 Å². The quantitative estimate of drug-likeness (QED) is 0.741. The van der Waals surface area contributed by atoms with E-state index < -0.39 is 0 Å². The zero-order valence-corrected chi connectivity index (χ0v) is 11.7. The van der Waals surface area contributed by atoms with Gasteiger partial charge in [-0.3, -0.25) is 0 Å². The summed E-state index contributed by atoms with van der Waals surface area (Å²) in [6, 6.07) is 7.42. The van der Waals surface area contributed by atoms with Crippen LogP contribution in [0.5, 0.6) is 0 Å². The van der Waals surface area contributed by atoms with Gasteiger partial charge in [-0.1, -0.05) is 32.4 Å². The molecular weight excluding hydrogens is 233 g/mol. The number of nitrogens with one attached hydrogen (secondary N) is 1. The number of hydrogen-bond donors (Lipinski definition) is 1. The molecule has 0 spiro atoms. The Morgan fingerprint density at radius 1 is 1.35 bits per heavy atom. The maximum absolute atomic E-state index is 13.5. The van der Waals surface area contributed by atoms with Crippen LogP contribution >= 0.6 is 11.8 Å². The van der Waals surface area contributed by atoms with Crippen molar-refractivity contribution in [2.45, 2.75) is 37.6 Å². The van der Waals surface area contributed by atoms with Gasteiger partial charge >= 0.3 is 0 Å². The van der Waals surface area contributed by atoms with E-state index in [0.29, 0.717) is 12.0 Å². The highest BCUT2D eigenvalue weighted by atomic mass is 32.2. The Kier molecular flexibility index (Phi) is 6.60. The summed E-state index contributed by atoms with van der Waals surface area (Å²) in [5.74, 6) is 1.43. The van der Waals surface area contributed by atoms with Gasteiger partial charge in [0.05, 0.1) is 0 Å². The predicted octanol–water partition coefficient (Wildman–Crippen LogP) is 3.94. The average Bonchev–Trinajstić information content (AvgIpc) is 2.32. The smallest absolute Gasteiger partial charge is 0.136 e. The van der Waals surface area contributed by atoms with E-state index in [0.717, 1.165) is 10.6 Å². The van der Waals surface area contributed by atoms with Crippen LogP contribution in [0.2, 0.25) is 0 Å². The van der Waals surface area contributed by atoms with Crippen LogP contribution in [-0.4, -0.2) is 18.8 Å². The van der Waals surface area contributed by atoms with Gasteiger partial charge in [-0.25, -0.2) is 4.39 Å². The minimum Gasteiger partial charge on any atom is -0.316 e. The molecule has 1 aromatic carbocycles. The van der Waals surface area contributed by atoms with Gasteiger partial charge in [0.25, 0.3) is 0 Å². The largest absolute Gasteiger partial charge is 0.316 e. The summed E-state index contributed by atoms with van der Waals surface area (Å²) in [4.78, 5) is 0.747. The second kappa shape index (κ2) is 7.72. The van der Waals surface area contributed by atoms with Gasteiger partial charge in [0, 0.05) is 16.7 Å². The molecule has 1 nitrogen and oxygen atoms in total. The molecule has 96 valence electrons. The Hall–Kier alpha value is -0.540. The maximum atomic E-state index is 13.5. The van der Waals surface area contributed by atoms with E-state index in [1.807, 2.05) is 19.2 Å². The lowest BCUT2D eigenvalue weighted by molar-refractivity contribution is 0.402. The molecule has 0 saturated carbocycles. The summed E-state index contributed by atoms with van der Waals surface area (Å²) >= 11 is 1.60. The molecule has 0 aliphatic heterocycles. The highest BCUT2D eigenvalue weighted by molar-refractivity contribution is 7.99. The summed E-state index contributed by atoms with van der Waals surface area (Å²) in [6.07, 6.45) is 2.41. The van der Waals surface area contributed by atoms with Gasteiger partial charge in [-0.05, 0) is 31.5 Å². The Labute approximate surface area is 108 Å². The number of thioether (sulfide) groups is 1. The van der Waals surface area contributed by atoms with Crippen molar-refractivity contribution in [3.05, 3.63) is 30.1 Å². The molecule has 0 fully saturated rings. The van der Waals surface area contributed by atoms with Crippen LogP contribution in [0.15, 0.2) is 29.2 Å². The van der Waals surface area contributed by atoms with Crippen molar-refractivity contribution < 1.29 is 4.39 Å². The second-order valence-electron chi connectivity index (χ2n) is 4.40. The minimum atomic E-state index is -0.115. The summed E-state index contributed by atoms with van der Waals surface area (Å²) in [7, 11) is 1.98. The second-order valence-corrected chi connectivity index (χ2v) is 5.46. The van der Waals surface area contributed by atoms with E-state index in [1.165, 1.54) is 18.9 Å². The highest BCUT2D eigenvalue weighted by Gasteiger charge is 2.15. The van der Waals surface area contributed by atoms with E-state index in [9.17, 15) is 4.39 Å². The van der Waals surface area contributed by atoms with Crippen molar-refractivity contribution in [3.8, 4) is 0 Å². The molecule has 2 atom stereocenters. The van der Waals surface area contributed by atoms with Crippen LogP contribution < -0.4 is 5.32 Å². The third-order valence-electron chi connectivity index (χ3n) is 3.06. The van der Waals surface area contributed by atoms with Gasteiger partial charge in [0.1, 0.15) is 5.82 Å². The molecule has 0 amide bonds. The maximum Gasteiger partial charge on any atom is 0.136 e. The van der Waals surface area contributed by atoms with E-state index in [-0.39, 0.29) is 5.82 Å². The molecular formula is C14H22FNS. The fourth-order valence-corrected chi connectivity index (χ4v) is 3.17. The first-order valence-corrected chi connectivity index (χ1v) is 7.22. The number of rotatable bonds is 7. The lowest BCUT2D eigenvalue weighted by Crippen LogP contribution is -2.34. The summed E-state index contributed by atoms with van der Waals surface area (Å²) in [5, 5.41) is 3.33. The fraction of sp³-hybridized carbons (Fsp3) is 0.571. The van der Waals surface area contributed by atoms with Crippen LogP contribution in [0, 0.1) is 11.7 Å². The monoisotopic (exact) mass is 255 g/mol. The Morgan fingerprint density at radius 2 is 2.06 bits per heavy atom. The first-order chi connectivity index (χ1) is 8.19. The molecule has 0 aromatic heterocycles. The third kappa shape index (κ3) is 4.68. The van der Waals surface area contributed by atoms with Gasteiger partial charge in [-0.2, -0.15) is 0 Å². The van der Waals surface area contributed by atoms with Crippen molar-refractivity contribution in [3.63, 3.8) is 0 Å². The molecule has 0 saturated heterocycles. The van der Waals surface area contributed by atoms with E-state index in [1.54, 1.807) is 17.8 Å². The first kappa shape index (κ1) is 14.5. The molecule has 17 heavy (non-hydrogen) atoms. The SMILES string of the molecule is CCCC(C)C(CSc1ccccc1F)NC. The van der Waals surface area contributed by atoms with E-state index in [2.05, 4.69) is 19.2 Å². The zero-order chi connectivity index (χ0) is 12.7.